The molecule has 10 heavy (non-hydrogen) atoms. The monoisotopic (exact) mass is 424 g/mol. The van der Waals surface area contributed by atoms with Gasteiger partial charge in [0.1, 0.15) is 5.75 Å². The molecule has 54 valence electrons. The van der Waals surface area contributed by atoms with Gasteiger partial charge in [-0.1, -0.05) is 0 Å². The molecule has 1 rings (SSSR count). The third kappa shape index (κ3) is 1.97. The summed E-state index contributed by atoms with van der Waals surface area (Å²) in [6.07, 6.45) is 0. The molecule has 0 bridgehead atoms. The quantitative estimate of drug-likeness (QED) is 0.500. The number of rotatable bonds is 0. The Balaban J connectivity index is 3.28. The molecule has 0 saturated heterocycles. The molecule has 0 aliphatic heterocycles. The maximum atomic E-state index is 9.19. The number of hydrogen-bond acceptors (Lipinski definition) is 1. The smallest absolute Gasteiger partial charge is 0.130 e. The van der Waals surface area contributed by atoms with Crippen LogP contribution < -0.4 is 0 Å². The fourth-order valence-electron chi connectivity index (χ4n) is 0.512. The van der Waals surface area contributed by atoms with E-state index in [1.807, 2.05) is 6.07 Å². The summed E-state index contributed by atoms with van der Waals surface area (Å²) in [6, 6.07) is 3.62. The fraction of sp³-hybridized carbons (Fsp3) is 0. The highest BCUT2D eigenvalue weighted by molar-refractivity contribution is 14.1. The van der Waals surface area contributed by atoms with E-state index in [1.54, 1.807) is 6.07 Å². The van der Waals surface area contributed by atoms with E-state index in [4.69, 9.17) is 0 Å². The van der Waals surface area contributed by atoms with Gasteiger partial charge >= 0.3 is 0 Å². The lowest BCUT2D eigenvalue weighted by atomic mass is 10.3. The number of aromatic hydroxyl groups is 1. The number of phenolic OH excluding ortho intramolecular Hbond substituents is 1. The molecular formula is C6H3BrI2O. The van der Waals surface area contributed by atoms with Gasteiger partial charge in [0.15, 0.2) is 0 Å². The summed E-state index contributed by atoms with van der Waals surface area (Å²) in [5.41, 5.74) is 0. The zero-order valence-electron chi connectivity index (χ0n) is 4.74. The number of hydrogen-bond donors (Lipinski definition) is 1. The second kappa shape index (κ2) is 3.57. The molecule has 0 aliphatic rings. The molecular weight excluding hydrogens is 422 g/mol. The first-order chi connectivity index (χ1) is 4.61. The molecule has 0 fully saturated rings. The lowest BCUT2D eigenvalue weighted by Crippen LogP contribution is -1.78. The summed E-state index contributed by atoms with van der Waals surface area (Å²) in [7, 11) is 0. The Kier molecular flexibility index (Phi) is 3.23. The molecule has 0 aliphatic carbocycles. The van der Waals surface area contributed by atoms with Crippen molar-refractivity contribution in [3.63, 3.8) is 0 Å². The minimum absolute atomic E-state index is 0.341. The van der Waals surface area contributed by atoms with Crippen LogP contribution in [0.25, 0.3) is 0 Å². The Hall–Kier alpha value is 0.960. The Morgan fingerprint density at radius 2 is 1.80 bits per heavy atom. The Morgan fingerprint density at radius 1 is 1.20 bits per heavy atom. The standard InChI is InChI=1S/C6H3BrI2O/c7-3-1-5(9)6(10)2-4(3)8/h1-2,10H. The Morgan fingerprint density at radius 3 is 2.30 bits per heavy atom. The van der Waals surface area contributed by atoms with Gasteiger partial charge in [0.2, 0.25) is 0 Å². The van der Waals surface area contributed by atoms with Crippen LogP contribution in [0.5, 0.6) is 5.75 Å². The normalized spacial score (nSPS) is 9.90. The van der Waals surface area contributed by atoms with Crippen molar-refractivity contribution < 1.29 is 5.11 Å². The van der Waals surface area contributed by atoms with Gasteiger partial charge in [-0.05, 0) is 73.2 Å². The average molecular weight is 425 g/mol. The predicted octanol–water partition coefficient (Wildman–Crippen LogP) is 3.36. The van der Waals surface area contributed by atoms with E-state index in [-0.39, 0.29) is 0 Å². The van der Waals surface area contributed by atoms with Crippen molar-refractivity contribution >= 4 is 61.1 Å². The highest BCUT2D eigenvalue weighted by Crippen LogP contribution is 2.28. The minimum atomic E-state index is 0.341. The lowest BCUT2D eigenvalue weighted by Gasteiger charge is -1.99. The second-order valence-corrected chi connectivity index (χ2v) is 4.90. The minimum Gasteiger partial charge on any atom is -0.507 e. The molecule has 0 heterocycles. The molecule has 0 radical (unpaired) electrons. The van der Waals surface area contributed by atoms with Gasteiger partial charge in [0.05, 0.1) is 3.57 Å². The first kappa shape index (κ1) is 9.05. The molecule has 0 spiro atoms. The first-order valence-corrected chi connectivity index (χ1v) is 5.40. The van der Waals surface area contributed by atoms with Crippen LogP contribution in [0, 0.1) is 7.14 Å². The van der Waals surface area contributed by atoms with Gasteiger partial charge in [-0.2, -0.15) is 0 Å². The zero-order chi connectivity index (χ0) is 7.72. The van der Waals surface area contributed by atoms with E-state index in [0.29, 0.717) is 5.75 Å². The van der Waals surface area contributed by atoms with E-state index in [2.05, 4.69) is 61.1 Å². The summed E-state index contributed by atoms with van der Waals surface area (Å²) in [5.74, 6) is 0.341. The summed E-state index contributed by atoms with van der Waals surface area (Å²) < 4.78 is 2.91. The Bertz CT molecular complexity index is 212. The van der Waals surface area contributed by atoms with Gasteiger partial charge in [0.25, 0.3) is 0 Å². The summed E-state index contributed by atoms with van der Waals surface area (Å²) in [6.45, 7) is 0. The van der Waals surface area contributed by atoms with Crippen LogP contribution in [0.1, 0.15) is 0 Å². The van der Waals surface area contributed by atoms with E-state index in [9.17, 15) is 5.11 Å². The third-order valence-electron chi connectivity index (χ3n) is 0.990. The van der Waals surface area contributed by atoms with E-state index >= 15 is 0 Å². The lowest BCUT2D eigenvalue weighted by molar-refractivity contribution is 0.471. The highest BCUT2D eigenvalue weighted by Gasteiger charge is 2.01. The summed E-state index contributed by atoms with van der Waals surface area (Å²) >= 11 is 7.60. The van der Waals surface area contributed by atoms with Crippen molar-refractivity contribution in [2.45, 2.75) is 0 Å². The van der Waals surface area contributed by atoms with Crippen LogP contribution in [0.4, 0.5) is 0 Å². The van der Waals surface area contributed by atoms with Gasteiger partial charge < -0.3 is 5.11 Å². The van der Waals surface area contributed by atoms with Gasteiger partial charge in [-0.25, -0.2) is 0 Å². The molecule has 4 heteroatoms. The molecule has 1 nitrogen and oxygen atoms in total. The van der Waals surface area contributed by atoms with Crippen molar-refractivity contribution in [3.8, 4) is 5.75 Å². The fourth-order valence-corrected chi connectivity index (χ4v) is 2.20. The maximum absolute atomic E-state index is 9.19. The van der Waals surface area contributed by atoms with E-state index in [0.717, 1.165) is 11.6 Å². The third-order valence-corrected chi connectivity index (χ3v) is 4.14. The molecule has 1 aromatic rings. The molecule has 1 N–H and O–H groups in total. The van der Waals surface area contributed by atoms with Gasteiger partial charge in [-0.15, -0.1) is 0 Å². The maximum Gasteiger partial charge on any atom is 0.130 e. The van der Waals surface area contributed by atoms with Crippen molar-refractivity contribution in [1.82, 2.24) is 0 Å². The van der Waals surface area contributed by atoms with Crippen molar-refractivity contribution in [2.75, 3.05) is 0 Å². The zero-order valence-corrected chi connectivity index (χ0v) is 10.6. The van der Waals surface area contributed by atoms with Crippen LogP contribution in [-0.2, 0) is 0 Å². The number of halogens is 3. The largest absolute Gasteiger partial charge is 0.507 e. The average Bonchev–Trinajstić information content (AvgIpc) is 1.84. The summed E-state index contributed by atoms with van der Waals surface area (Å²) in [4.78, 5) is 0. The molecule has 0 aromatic heterocycles. The van der Waals surface area contributed by atoms with E-state index in [1.165, 1.54) is 0 Å². The van der Waals surface area contributed by atoms with E-state index < -0.39 is 0 Å². The van der Waals surface area contributed by atoms with Crippen LogP contribution in [0.15, 0.2) is 16.6 Å². The van der Waals surface area contributed by atoms with Crippen molar-refractivity contribution in [3.05, 3.63) is 23.7 Å². The van der Waals surface area contributed by atoms with Crippen LogP contribution in [0.2, 0.25) is 0 Å². The predicted molar refractivity (Wildman–Crippen MR) is 61.2 cm³/mol. The van der Waals surface area contributed by atoms with Crippen molar-refractivity contribution in [1.29, 1.82) is 0 Å². The number of phenols is 1. The number of benzene rings is 1. The molecule has 1 aromatic carbocycles. The molecule has 0 amide bonds. The highest BCUT2D eigenvalue weighted by atomic mass is 127. The van der Waals surface area contributed by atoms with Crippen LogP contribution in [0.3, 0.4) is 0 Å². The van der Waals surface area contributed by atoms with Gasteiger partial charge in [-0.3, -0.25) is 0 Å². The molecule has 0 atom stereocenters. The topological polar surface area (TPSA) is 20.2 Å². The molecule has 0 unspecified atom stereocenters. The first-order valence-electron chi connectivity index (χ1n) is 2.45. The second-order valence-electron chi connectivity index (χ2n) is 1.72. The van der Waals surface area contributed by atoms with Crippen LogP contribution in [-0.4, -0.2) is 5.11 Å². The SMILES string of the molecule is Oc1cc(I)c(Br)cc1I. The van der Waals surface area contributed by atoms with Crippen molar-refractivity contribution in [2.24, 2.45) is 0 Å². The Labute approximate surface area is 94.6 Å². The molecule has 0 saturated carbocycles. The van der Waals surface area contributed by atoms with Gasteiger partial charge in [0, 0.05) is 8.04 Å². The van der Waals surface area contributed by atoms with Crippen LogP contribution >= 0.6 is 61.1 Å². The summed E-state index contributed by atoms with van der Waals surface area (Å²) in [5, 5.41) is 9.19.